The fourth-order valence-electron chi connectivity index (χ4n) is 0.827. The van der Waals surface area contributed by atoms with Gasteiger partial charge in [-0.15, -0.1) is 0 Å². The molecular weight excluding hydrogens is 157 g/mol. The van der Waals surface area contributed by atoms with Crippen LogP contribution in [0.5, 0.6) is 0 Å². The van der Waals surface area contributed by atoms with E-state index >= 15 is 0 Å². The second-order valence-corrected chi connectivity index (χ2v) is 2.34. The van der Waals surface area contributed by atoms with Crippen molar-refractivity contribution >= 4 is 5.78 Å². The maximum Gasteiger partial charge on any atom is 0.236 e. The van der Waals surface area contributed by atoms with Crippen LogP contribution in [0.3, 0.4) is 0 Å². The number of nitriles is 1. The second kappa shape index (κ2) is 3.63. The number of halogens is 1. The maximum atomic E-state index is 12.4. The average Bonchev–Trinajstić information content (AvgIpc) is 2.09. The molecule has 0 N–H and O–H groups in total. The molecule has 0 aliphatic carbocycles. The van der Waals surface area contributed by atoms with Gasteiger partial charge in [-0.25, -0.2) is 4.39 Å². The Morgan fingerprint density at radius 2 is 2.00 bits per heavy atom. The molecule has 1 rings (SSSR count). The highest BCUT2D eigenvalue weighted by Crippen LogP contribution is 2.03. The molecule has 0 bridgehead atoms. The zero-order valence-electron chi connectivity index (χ0n) is 6.25. The topological polar surface area (TPSA) is 40.9 Å². The molecule has 2 nitrogen and oxygen atoms in total. The third-order valence-electron chi connectivity index (χ3n) is 1.40. The Balaban J connectivity index is 2.73. The molecule has 0 aromatic heterocycles. The summed E-state index contributed by atoms with van der Waals surface area (Å²) in [6, 6.07) is 7.00. The van der Waals surface area contributed by atoms with E-state index in [-0.39, 0.29) is 12.2 Å². The largest absolute Gasteiger partial charge is 0.282 e. The van der Waals surface area contributed by atoms with E-state index in [4.69, 9.17) is 5.26 Å². The van der Waals surface area contributed by atoms with Gasteiger partial charge >= 0.3 is 0 Å². The minimum atomic E-state index is -0.512. The Morgan fingerprint density at radius 1 is 1.42 bits per heavy atom. The molecule has 0 spiro atoms. The Kier molecular flexibility index (Phi) is 2.54. The van der Waals surface area contributed by atoms with E-state index in [0.29, 0.717) is 5.56 Å². The standard InChI is InChI=1S/C9H6FNO/c10-8-3-1-7(2-4-8)5-9(12)6-11/h1-4H,5H2. The smallest absolute Gasteiger partial charge is 0.236 e. The Bertz CT molecular complexity index is 323. The lowest BCUT2D eigenvalue weighted by Crippen LogP contribution is -1.98. The Labute approximate surface area is 69.2 Å². The zero-order valence-corrected chi connectivity index (χ0v) is 6.25. The van der Waals surface area contributed by atoms with Crippen molar-refractivity contribution in [3.63, 3.8) is 0 Å². The third-order valence-corrected chi connectivity index (χ3v) is 1.40. The first-order chi connectivity index (χ1) is 5.72. The fourth-order valence-corrected chi connectivity index (χ4v) is 0.827. The van der Waals surface area contributed by atoms with Crippen LogP contribution in [-0.2, 0) is 11.2 Å². The van der Waals surface area contributed by atoms with Gasteiger partial charge in [0.1, 0.15) is 11.9 Å². The van der Waals surface area contributed by atoms with Crippen LogP contribution in [0.25, 0.3) is 0 Å². The van der Waals surface area contributed by atoms with Crippen LogP contribution in [0.1, 0.15) is 5.56 Å². The van der Waals surface area contributed by atoms with Gasteiger partial charge in [0.05, 0.1) is 0 Å². The molecular formula is C9H6FNO. The number of hydrogen-bond acceptors (Lipinski definition) is 2. The third kappa shape index (κ3) is 2.17. The lowest BCUT2D eigenvalue weighted by Gasteiger charge is -1.94. The molecule has 0 fully saturated rings. The molecule has 0 aliphatic heterocycles. The van der Waals surface area contributed by atoms with Gasteiger partial charge in [0.15, 0.2) is 0 Å². The molecule has 60 valence electrons. The minimum Gasteiger partial charge on any atom is -0.282 e. The zero-order chi connectivity index (χ0) is 8.97. The predicted molar refractivity (Wildman–Crippen MR) is 40.7 cm³/mol. The Morgan fingerprint density at radius 3 is 2.50 bits per heavy atom. The van der Waals surface area contributed by atoms with E-state index < -0.39 is 5.78 Å². The molecule has 0 heterocycles. The van der Waals surface area contributed by atoms with Crippen LogP contribution >= 0.6 is 0 Å². The molecule has 3 heteroatoms. The van der Waals surface area contributed by atoms with Gasteiger partial charge in [0, 0.05) is 6.42 Å². The summed E-state index contributed by atoms with van der Waals surface area (Å²) in [4.78, 5) is 10.6. The number of rotatable bonds is 2. The summed E-state index contributed by atoms with van der Waals surface area (Å²) >= 11 is 0. The summed E-state index contributed by atoms with van der Waals surface area (Å²) in [6.07, 6.45) is 0.0524. The van der Waals surface area contributed by atoms with Crippen molar-refractivity contribution < 1.29 is 9.18 Å². The van der Waals surface area contributed by atoms with Gasteiger partial charge in [-0.05, 0) is 17.7 Å². The molecule has 0 saturated carbocycles. The van der Waals surface area contributed by atoms with Crippen LogP contribution in [0, 0.1) is 17.1 Å². The fraction of sp³-hybridized carbons (Fsp3) is 0.111. The highest BCUT2D eigenvalue weighted by Gasteiger charge is 2.00. The van der Waals surface area contributed by atoms with Crippen molar-refractivity contribution in [3.05, 3.63) is 35.6 Å². The number of benzene rings is 1. The van der Waals surface area contributed by atoms with Gasteiger partial charge in [-0.3, -0.25) is 4.79 Å². The minimum absolute atomic E-state index is 0.0524. The molecule has 12 heavy (non-hydrogen) atoms. The average molecular weight is 163 g/mol. The van der Waals surface area contributed by atoms with Crippen LogP contribution in [-0.4, -0.2) is 5.78 Å². The van der Waals surface area contributed by atoms with Crippen molar-refractivity contribution in [1.29, 1.82) is 5.26 Å². The highest BCUT2D eigenvalue weighted by molar-refractivity contribution is 5.94. The van der Waals surface area contributed by atoms with E-state index in [1.165, 1.54) is 30.3 Å². The van der Waals surface area contributed by atoms with Crippen molar-refractivity contribution in [2.45, 2.75) is 6.42 Å². The summed E-state index contributed by atoms with van der Waals surface area (Å²) in [5.74, 6) is -0.857. The predicted octanol–water partition coefficient (Wildman–Crippen LogP) is 1.46. The molecule has 1 aromatic carbocycles. The quantitative estimate of drug-likeness (QED) is 0.619. The molecule has 0 amide bonds. The van der Waals surface area contributed by atoms with E-state index in [1.54, 1.807) is 0 Å². The summed E-state index contributed by atoms with van der Waals surface area (Å²) in [5.41, 5.74) is 0.656. The van der Waals surface area contributed by atoms with Crippen LogP contribution < -0.4 is 0 Å². The molecule has 0 radical (unpaired) electrons. The van der Waals surface area contributed by atoms with E-state index in [0.717, 1.165) is 0 Å². The van der Waals surface area contributed by atoms with Gasteiger partial charge in [-0.1, -0.05) is 12.1 Å². The summed E-state index contributed by atoms with van der Waals surface area (Å²) in [7, 11) is 0. The van der Waals surface area contributed by atoms with Crippen molar-refractivity contribution in [2.75, 3.05) is 0 Å². The van der Waals surface area contributed by atoms with E-state index in [2.05, 4.69) is 0 Å². The number of carbonyl (C=O) groups excluding carboxylic acids is 1. The van der Waals surface area contributed by atoms with Crippen molar-refractivity contribution in [3.8, 4) is 6.07 Å². The number of ketones is 1. The van der Waals surface area contributed by atoms with Gasteiger partial charge in [0.25, 0.3) is 0 Å². The second-order valence-electron chi connectivity index (χ2n) is 2.34. The van der Waals surface area contributed by atoms with Gasteiger partial charge in [-0.2, -0.15) is 5.26 Å². The normalized spacial score (nSPS) is 9.00. The first kappa shape index (κ1) is 8.41. The number of Topliss-reactive ketones (excluding diaryl/α,β-unsaturated/α-hetero) is 1. The summed E-state index contributed by atoms with van der Waals surface area (Å²) < 4.78 is 12.4. The molecule has 0 saturated heterocycles. The monoisotopic (exact) mass is 163 g/mol. The number of hydrogen-bond donors (Lipinski definition) is 0. The van der Waals surface area contributed by atoms with E-state index in [1.807, 2.05) is 0 Å². The number of carbonyl (C=O) groups is 1. The number of nitrogens with zero attached hydrogens (tertiary/aromatic N) is 1. The maximum absolute atomic E-state index is 12.4. The first-order valence-electron chi connectivity index (χ1n) is 3.40. The van der Waals surface area contributed by atoms with Crippen LogP contribution in [0.2, 0.25) is 0 Å². The van der Waals surface area contributed by atoms with Crippen molar-refractivity contribution in [2.24, 2.45) is 0 Å². The molecule has 1 aromatic rings. The molecule has 0 unspecified atom stereocenters. The van der Waals surface area contributed by atoms with Gasteiger partial charge < -0.3 is 0 Å². The molecule has 0 aliphatic rings. The Hall–Kier alpha value is -1.69. The van der Waals surface area contributed by atoms with Crippen LogP contribution in [0.4, 0.5) is 4.39 Å². The SMILES string of the molecule is N#CC(=O)Cc1ccc(F)cc1. The summed E-state index contributed by atoms with van der Waals surface area (Å²) in [5, 5.41) is 8.18. The summed E-state index contributed by atoms with van der Waals surface area (Å²) in [6.45, 7) is 0. The first-order valence-corrected chi connectivity index (χ1v) is 3.40. The molecule has 0 atom stereocenters. The van der Waals surface area contributed by atoms with Crippen LogP contribution in [0.15, 0.2) is 24.3 Å². The van der Waals surface area contributed by atoms with E-state index in [9.17, 15) is 9.18 Å². The lowest BCUT2D eigenvalue weighted by atomic mass is 10.1. The highest BCUT2D eigenvalue weighted by atomic mass is 19.1. The van der Waals surface area contributed by atoms with Crippen molar-refractivity contribution in [1.82, 2.24) is 0 Å². The lowest BCUT2D eigenvalue weighted by molar-refractivity contribution is -0.113. The van der Waals surface area contributed by atoms with Gasteiger partial charge in [0.2, 0.25) is 5.78 Å².